The second-order valence-electron chi connectivity index (χ2n) is 8.88. The van der Waals surface area contributed by atoms with Crippen LogP contribution in [-0.2, 0) is 0 Å². The van der Waals surface area contributed by atoms with Gasteiger partial charge >= 0.3 is 0 Å². The van der Waals surface area contributed by atoms with Gasteiger partial charge in [-0.3, -0.25) is 10.2 Å². The van der Waals surface area contributed by atoms with Gasteiger partial charge in [0.25, 0.3) is 0 Å². The molecule has 3 aliphatic heterocycles. The molecule has 4 aliphatic rings. The van der Waals surface area contributed by atoms with Crippen LogP contribution in [0.3, 0.4) is 0 Å². The van der Waals surface area contributed by atoms with Crippen molar-refractivity contribution in [3.63, 3.8) is 0 Å². The molecule has 0 aromatic carbocycles. The molecule has 1 N–H and O–H groups in total. The molecule has 0 bridgehead atoms. The largest absolute Gasteiger partial charge is 0.294 e. The predicted octanol–water partition coefficient (Wildman–Crippen LogP) is 5.08. The van der Waals surface area contributed by atoms with Gasteiger partial charge in [-0.15, -0.1) is 0 Å². The van der Waals surface area contributed by atoms with Gasteiger partial charge in [0.05, 0.1) is 6.17 Å². The first-order chi connectivity index (χ1) is 11.4. The van der Waals surface area contributed by atoms with Crippen molar-refractivity contribution >= 4 is 0 Å². The van der Waals surface area contributed by atoms with Crippen LogP contribution < -0.4 is 5.32 Å². The van der Waals surface area contributed by atoms with Gasteiger partial charge in [-0.25, -0.2) is 0 Å². The van der Waals surface area contributed by atoms with E-state index in [2.05, 4.69) is 10.2 Å². The molecule has 5 atom stereocenters. The average Bonchev–Trinajstić information content (AvgIpc) is 3.29. The van der Waals surface area contributed by atoms with Gasteiger partial charge in [-0.05, 0) is 44.1 Å². The standard InChI is InChI=1S/C21H38N2/c1-2-4-6-10-14-18-17(13-9-5-3-1)19-15-11-7-8-12-16-23(19)21-20(18)22-21/h17-22H,1-16H2. The zero-order valence-corrected chi connectivity index (χ0v) is 15.1. The van der Waals surface area contributed by atoms with Crippen molar-refractivity contribution in [3.8, 4) is 0 Å². The summed E-state index contributed by atoms with van der Waals surface area (Å²) >= 11 is 0. The number of fused-ring (bicyclic) bond motifs is 6. The lowest BCUT2D eigenvalue weighted by Crippen LogP contribution is -2.52. The molecule has 3 saturated heterocycles. The zero-order valence-electron chi connectivity index (χ0n) is 15.1. The van der Waals surface area contributed by atoms with Gasteiger partial charge in [0, 0.05) is 12.1 Å². The Hall–Kier alpha value is -0.0800. The van der Waals surface area contributed by atoms with E-state index in [1.54, 1.807) is 0 Å². The average molecular weight is 319 g/mol. The molecule has 1 saturated carbocycles. The maximum Gasteiger partial charge on any atom is 0.0764 e. The number of rotatable bonds is 0. The summed E-state index contributed by atoms with van der Waals surface area (Å²) in [5.41, 5.74) is 0. The number of piperidine rings is 1. The van der Waals surface area contributed by atoms with E-state index in [1.807, 2.05) is 0 Å². The molecule has 0 amide bonds. The molecule has 0 aromatic heterocycles. The number of hydrogen-bond acceptors (Lipinski definition) is 2. The molecule has 0 aromatic rings. The summed E-state index contributed by atoms with van der Waals surface area (Å²) in [6, 6.07) is 1.78. The van der Waals surface area contributed by atoms with E-state index in [0.717, 1.165) is 30.1 Å². The van der Waals surface area contributed by atoms with Crippen LogP contribution in [0.1, 0.15) is 96.3 Å². The van der Waals surface area contributed by atoms with Gasteiger partial charge in [0.1, 0.15) is 0 Å². The van der Waals surface area contributed by atoms with E-state index in [0.29, 0.717) is 0 Å². The summed E-state index contributed by atoms with van der Waals surface area (Å²) in [5.74, 6) is 2.00. The molecular weight excluding hydrogens is 280 g/mol. The maximum absolute atomic E-state index is 3.92. The molecule has 3 heterocycles. The van der Waals surface area contributed by atoms with E-state index >= 15 is 0 Å². The first kappa shape index (κ1) is 16.4. The van der Waals surface area contributed by atoms with Gasteiger partial charge in [0.15, 0.2) is 0 Å². The SMILES string of the molecule is C1CCCCCC2C(CCCC1)C1NC1N1CCCCCCC21. The van der Waals surface area contributed by atoms with E-state index < -0.39 is 0 Å². The van der Waals surface area contributed by atoms with Crippen LogP contribution in [0.15, 0.2) is 0 Å². The minimum absolute atomic E-state index is 0.771. The molecule has 0 spiro atoms. The van der Waals surface area contributed by atoms with Crippen LogP contribution in [0.4, 0.5) is 0 Å². The highest BCUT2D eigenvalue weighted by molar-refractivity contribution is 5.11. The summed E-state index contributed by atoms with van der Waals surface area (Å²) in [4.78, 5) is 2.93. The van der Waals surface area contributed by atoms with Crippen LogP contribution in [0.25, 0.3) is 0 Å². The van der Waals surface area contributed by atoms with Crippen molar-refractivity contribution in [3.05, 3.63) is 0 Å². The van der Waals surface area contributed by atoms with Crippen LogP contribution in [0.2, 0.25) is 0 Å². The Balaban J connectivity index is 1.48. The summed E-state index contributed by atoms with van der Waals surface area (Å²) < 4.78 is 0. The fraction of sp³-hybridized carbons (Fsp3) is 1.00. The van der Waals surface area contributed by atoms with E-state index in [4.69, 9.17) is 0 Å². The Bertz CT molecular complexity index is 369. The number of nitrogens with zero attached hydrogens (tertiary/aromatic N) is 1. The third kappa shape index (κ3) is 3.79. The van der Waals surface area contributed by atoms with Crippen molar-refractivity contribution < 1.29 is 0 Å². The first-order valence-electron chi connectivity index (χ1n) is 11.0. The summed E-state index contributed by atoms with van der Waals surface area (Å²) in [7, 11) is 0. The number of hydrogen-bond donors (Lipinski definition) is 1. The van der Waals surface area contributed by atoms with Crippen molar-refractivity contribution in [2.75, 3.05) is 6.54 Å². The van der Waals surface area contributed by atoms with Crippen LogP contribution in [-0.4, -0.2) is 29.7 Å². The van der Waals surface area contributed by atoms with E-state index in [-0.39, 0.29) is 0 Å². The minimum Gasteiger partial charge on any atom is -0.294 e. The molecule has 4 rings (SSSR count). The molecule has 2 heteroatoms. The Kier molecular flexibility index (Phi) is 5.61. The monoisotopic (exact) mass is 318 g/mol. The summed E-state index contributed by atoms with van der Waals surface area (Å²) in [6.45, 7) is 1.38. The van der Waals surface area contributed by atoms with Crippen LogP contribution in [0, 0.1) is 11.8 Å². The molecule has 132 valence electrons. The Morgan fingerprint density at radius 2 is 1.13 bits per heavy atom. The van der Waals surface area contributed by atoms with Crippen molar-refractivity contribution in [2.24, 2.45) is 11.8 Å². The predicted molar refractivity (Wildman–Crippen MR) is 97.4 cm³/mol. The molecular formula is C21H38N2. The number of nitrogens with one attached hydrogen (secondary N) is 1. The molecule has 23 heavy (non-hydrogen) atoms. The smallest absolute Gasteiger partial charge is 0.0764 e. The summed E-state index contributed by atoms with van der Waals surface area (Å²) in [6.07, 6.45) is 23.2. The second kappa shape index (κ2) is 7.87. The summed E-state index contributed by atoms with van der Waals surface area (Å²) in [5, 5.41) is 3.92. The molecule has 4 fully saturated rings. The Morgan fingerprint density at radius 3 is 1.87 bits per heavy atom. The Labute approximate surface area is 143 Å². The fourth-order valence-electron chi connectivity index (χ4n) is 6.11. The molecule has 2 nitrogen and oxygen atoms in total. The van der Waals surface area contributed by atoms with Crippen molar-refractivity contribution in [1.29, 1.82) is 0 Å². The molecule has 5 unspecified atom stereocenters. The van der Waals surface area contributed by atoms with Gasteiger partial charge < -0.3 is 0 Å². The van der Waals surface area contributed by atoms with E-state index in [9.17, 15) is 0 Å². The zero-order chi connectivity index (χ0) is 15.5. The minimum atomic E-state index is 0.771. The maximum atomic E-state index is 3.92. The van der Waals surface area contributed by atoms with E-state index in [1.165, 1.54) is 103 Å². The van der Waals surface area contributed by atoms with Gasteiger partial charge in [0.2, 0.25) is 0 Å². The lowest BCUT2D eigenvalue weighted by molar-refractivity contribution is 0.0330. The third-order valence-electron chi connectivity index (χ3n) is 7.37. The van der Waals surface area contributed by atoms with Crippen LogP contribution >= 0.6 is 0 Å². The van der Waals surface area contributed by atoms with Crippen molar-refractivity contribution in [2.45, 2.75) is 115 Å². The van der Waals surface area contributed by atoms with Gasteiger partial charge in [-0.1, -0.05) is 70.6 Å². The topological polar surface area (TPSA) is 25.2 Å². The molecule has 1 aliphatic carbocycles. The highest BCUT2D eigenvalue weighted by Crippen LogP contribution is 2.46. The fourth-order valence-corrected chi connectivity index (χ4v) is 6.11. The van der Waals surface area contributed by atoms with Crippen LogP contribution in [0.5, 0.6) is 0 Å². The lowest BCUT2D eigenvalue weighted by atomic mass is 9.72. The third-order valence-corrected chi connectivity index (χ3v) is 7.37. The van der Waals surface area contributed by atoms with Gasteiger partial charge in [-0.2, -0.15) is 0 Å². The highest BCUT2D eigenvalue weighted by atomic mass is 15.4. The quantitative estimate of drug-likeness (QED) is 0.630. The first-order valence-corrected chi connectivity index (χ1v) is 11.0. The highest BCUT2D eigenvalue weighted by Gasteiger charge is 2.56. The molecule has 0 radical (unpaired) electrons. The second-order valence-corrected chi connectivity index (χ2v) is 8.88. The van der Waals surface area contributed by atoms with Crippen molar-refractivity contribution in [1.82, 2.24) is 10.2 Å². The normalized spacial score (nSPS) is 43.6. The Morgan fingerprint density at radius 1 is 0.565 bits per heavy atom. The lowest BCUT2D eigenvalue weighted by Gasteiger charge is -2.46.